The minimum absolute atomic E-state index is 0.118. The van der Waals surface area contributed by atoms with Gasteiger partial charge in [0.05, 0.1) is 18.1 Å². The monoisotopic (exact) mass is 343 g/mol. The van der Waals surface area contributed by atoms with Crippen LogP contribution in [0.1, 0.15) is 18.2 Å². The van der Waals surface area contributed by atoms with E-state index >= 15 is 0 Å². The van der Waals surface area contributed by atoms with Crippen LogP contribution in [0.25, 0.3) is 11.5 Å². The maximum atomic E-state index is 12.1. The van der Waals surface area contributed by atoms with Gasteiger partial charge in [0.15, 0.2) is 0 Å². The number of hydrogen-bond acceptors (Lipinski definition) is 6. The molecular formula is C17H17N3O3S. The summed E-state index contributed by atoms with van der Waals surface area (Å²) in [4.78, 5) is 12.1. The van der Waals surface area contributed by atoms with E-state index in [1.165, 1.54) is 11.8 Å². The zero-order chi connectivity index (χ0) is 16.9. The molecular weight excluding hydrogens is 326 g/mol. The van der Waals surface area contributed by atoms with Crippen molar-refractivity contribution >= 4 is 17.7 Å². The Morgan fingerprint density at radius 2 is 2.08 bits per heavy atom. The predicted octanol–water partition coefficient (Wildman–Crippen LogP) is 3.44. The van der Waals surface area contributed by atoms with Crippen molar-refractivity contribution in [2.75, 3.05) is 0 Å². The van der Waals surface area contributed by atoms with Gasteiger partial charge in [0.25, 0.3) is 5.22 Å². The molecule has 24 heavy (non-hydrogen) atoms. The number of benzene rings is 1. The van der Waals surface area contributed by atoms with Gasteiger partial charge in [-0.1, -0.05) is 30.0 Å². The molecule has 0 aliphatic heterocycles. The SMILES string of the molecule is Cc1ccccc1-c1nnc(S[C@H](C)C(=O)NCc2ccco2)o1. The summed E-state index contributed by atoms with van der Waals surface area (Å²) in [6.07, 6.45) is 1.57. The number of amides is 1. The third kappa shape index (κ3) is 3.86. The number of rotatable bonds is 6. The van der Waals surface area contributed by atoms with Crippen LogP contribution in [0.4, 0.5) is 0 Å². The standard InChI is InChI=1S/C17H17N3O3S/c1-11-6-3-4-8-14(11)16-19-20-17(23-16)24-12(2)15(21)18-10-13-7-5-9-22-13/h3-9,12H,10H2,1-2H3,(H,18,21)/t12-/m1/s1. The van der Waals surface area contributed by atoms with Crippen LogP contribution in [0.3, 0.4) is 0 Å². The van der Waals surface area contributed by atoms with Crippen LogP contribution in [0.15, 0.2) is 56.7 Å². The van der Waals surface area contributed by atoms with E-state index in [1.807, 2.05) is 37.3 Å². The first kappa shape index (κ1) is 16.3. The number of nitrogens with one attached hydrogen (secondary N) is 1. The van der Waals surface area contributed by atoms with Crippen molar-refractivity contribution in [3.05, 3.63) is 54.0 Å². The lowest BCUT2D eigenvalue weighted by Gasteiger charge is -2.08. The Bertz CT molecular complexity index is 814. The molecule has 1 amide bonds. The van der Waals surface area contributed by atoms with Crippen molar-refractivity contribution in [3.63, 3.8) is 0 Å². The van der Waals surface area contributed by atoms with E-state index < -0.39 is 0 Å². The Morgan fingerprint density at radius 3 is 2.83 bits per heavy atom. The molecule has 0 spiro atoms. The zero-order valence-electron chi connectivity index (χ0n) is 13.4. The molecule has 0 fully saturated rings. The number of hydrogen-bond donors (Lipinski definition) is 1. The smallest absolute Gasteiger partial charge is 0.277 e. The Hall–Kier alpha value is -2.54. The highest BCUT2D eigenvalue weighted by atomic mass is 32.2. The van der Waals surface area contributed by atoms with Crippen LogP contribution in [0.5, 0.6) is 0 Å². The summed E-state index contributed by atoms with van der Waals surface area (Å²) in [5.41, 5.74) is 1.95. The Morgan fingerprint density at radius 1 is 1.25 bits per heavy atom. The van der Waals surface area contributed by atoms with Crippen LogP contribution in [0.2, 0.25) is 0 Å². The highest BCUT2D eigenvalue weighted by molar-refractivity contribution is 8.00. The third-order valence-corrected chi connectivity index (χ3v) is 4.38. The maximum Gasteiger partial charge on any atom is 0.277 e. The largest absolute Gasteiger partial charge is 0.467 e. The minimum atomic E-state index is -0.356. The number of furan rings is 1. The van der Waals surface area contributed by atoms with Crippen molar-refractivity contribution in [3.8, 4) is 11.5 Å². The van der Waals surface area contributed by atoms with Crippen LogP contribution in [0, 0.1) is 6.92 Å². The fourth-order valence-electron chi connectivity index (χ4n) is 2.11. The molecule has 3 aromatic rings. The summed E-state index contributed by atoms with van der Waals surface area (Å²) in [7, 11) is 0. The minimum Gasteiger partial charge on any atom is -0.467 e. The molecule has 0 aliphatic carbocycles. The van der Waals surface area contributed by atoms with Gasteiger partial charge in [-0.2, -0.15) is 0 Å². The molecule has 0 bridgehead atoms. The van der Waals surface area contributed by atoms with Gasteiger partial charge >= 0.3 is 0 Å². The lowest BCUT2D eigenvalue weighted by atomic mass is 10.1. The zero-order valence-corrected chi connectivity index (χ0v) is 14.2. The number of carbonyl (C=O) groups excluding carboxylic acids is 1. The first-order chi connectivity index (χ1) is 11.6. The average molecular weight is 343 g/mol. The second-order valence-corrected chi connectivity index (χ2v) is 6.54. The van der Waals surface area contributed by atoms with E-state index in [9.17, 15) is 4.79 Å². The summed E-state index contributed by atoms with van der Waals surface area (Å²) in [6.45, 7) is 4.13. The quantitative estimate of drug-likeness (QED) is 0.691. The highest BCUT2D eigenvalue weighted by Crippen LogP contribution is 2.27. The Labute approximate surface area is 143 Å². The molecule has 1 atom stereocenters. The maximum absolute atomic E-state index is 12.1. The molecule has 1 aromatic carbocycles. The van der Waals surface area contributed by atoms with Crippen molar-refractivity contribution in [2.24, 2.45) is 0 Å². The molecule has 0 radical (unpaired) electrons. The number of thioether (sulfide) groups is 1. The van der Waals surface area contributed by atoms with Crippen LogP contribution in [-0.2, 0) is 11.3 Å². The second-order valence-electron chi connectivity index (χ2n) is 5.25. The van der Waals surface area contributed by atoms with E-state index in [0.29, 0.717) is 23.4 Å². The van der Waals surface area contributed by atoms with Gasteiger partial charge in [-0.15, -0.1) is 10.2 Å². The molecule has 0 saturated heterocycles. The van der Waals surface area contributed by atoms with Gasteiger partial charge < -0.3 is 14.2 Å². The van der Waals surface area contributed by atoms with Crippen LogP contribution < -0.4 is 5.32 Å². The summed E-state index contributed by atoms with van der Waals surface area (Å²) < 4.78 is 10.8. The Kier molecular flexibility index (Phi) is 5.00. The molecule has 2 heterocycles. The molecule has 0 saturated carbocycles. The fourth-order valence-corrected chi connectivity index (χ4v) is 2.82. The average Bonchev–Trinajstić information content (AvgIpc) is 3.24. The van der Waals surface area contributed by atoms with Crippen molar-refractivity contribution < 1.29 is 13.6 Å². The molecule has 7 heteroatoms. The van der Waals surface area contributed by atoms with Crippen molar-refractivity contribution in [2.45, 2.75) is 30.9 Å². The molecule has 6 nitrogen and oxygen atoms in total. The number of aryl methyl sites for hydroxylation is 1. The van der Waals surface area contributed by atoms with Gasteiger partial charge in [0.2, 0.25) is 11.8 Å². The van der Waals surface area contributed by atoms with Crippen LogP contribution in [-0.4, -0.2) is 21.4 Å². The van der Waals surface area contributed by atoms with E-state index in [2.05, 4.69) is 15.5 Å². The van der Waals surface area contributed by atoms with Gasteiger partial charge in [-0.05, 0) is 37.6 Å². The summed E-state index contributed by atoms with van der Waals surface area (Å²) in [5, 5.41) is 10.9. The lowest BCUT2D eigenvalue weighted by Crippen LogP contribution is -2.30. The van der Waals surface area contributed by atoms with E-state index in [4.69, 9.17) is 8.83 Å². The highest BCUT2D eigenvalue weighted by Gasteiger charge is 2.19. The number of aromatic nitrogens is 2. The van der Waals surface area contributed by atoms with Crippen LogP contribution >= 0.6 is 11.8 Å². The fraction of sp³-hybridized carbons (Fsp3) is 0.235. The molecule has 2 aromatic heterocycles. The van der Waals surface area contributed by atoms with Gasteiger partial charge in [0, 0.05) is 5.56 Å². The Balaban J connectivity index is 1.59. The summed E-state index contributed by atoms with van der Waals surface area (Å²) >= 11 is 1.23. The molecule has 3 rings (SSSR count). The van der Waals surface area contributed by atoms with Gasteiger partial charge in [-0.3, -0.25) is 4.79 Å². The molecule has 1 N–H and O–H groups in total. The lowest BCUT2D eigenvalue weighted by molar-refractivity contribution is -0.120. The first-order valence-corrected chi connectivity index (χ1v) is 8.37. The van der Waals surface area contributed by atoms with Crippen molar-refractivity contribution in [1.29, 1.82) is 0 Å². The van der Waals surface area contributed by atoms with Crippen molar-refractivity contribution in [1.82, 2.24) is 15.5 Å². The van der Waals surface area contributed by atoms with Gasteiger partial charge in [0.1, 0.15) is 5.76 Å². The topological polar surface area (TPSA) is 81.2 Å². The first-order valence-electron chi connectivity index (χ1n) is 7.50. The summed E-state index contributed by atoms with van der Waals surface area (Å²) in [5.74, 6) is 1.05. The predicted molar refractivity (Wildman–Crippen MR) is 90.3 cm³/mol. The number of nitrogens with zero attached hydrogens (tertiary/aromatic N) is 2. The third-order valence-electron chi connectivity index (χ3n) is 3.45. The van der Waals surface area contributed by atoms with E-state index in [1.54, 1.807) is 19.3 Å². The molecule has 124 valence electrons. The number of carbonyl (C=O) groups is 1. The van der Waals surface area contributed by atoms with Gasteiger partial charge in [-0.25, -0.2) is 0 Å². The van der Waals surface area contributed by atoms with E-state index in [-0.39, 0.29) is 11.2 Å². The van der Waals surface area contributed by atoms with E-state index in [0.717, 1.165) is 11.1 Å². The second kappa shape index (κ2) is 7.35. The molecule has 0 unspecified atom stereocenters. The normalized spacial score (nSPS) is 12.1. The molecule has 0 aliphatic rings. The summed E-state index contributed by atoms with van der Waals surface area (Å²) in [6, 6.07) is 11.4.